The number of nitrogens with one attached hydrogen (secondary N) is 2. The third-order valence-corrected chi connectivity index (χ3v) is 5.12. The van der Waals surface area contributed by atoms with Crippen LogP contribution in [0.2, 0.25) is 0 Å². The van der Waals surface area contributed by atoms with Crippen molar-refractivity contribution in [3.8, 4) is 17.0 Å². The van der Waals surface area contributed by atoms with Gasteiger partial charge in [0.1, 0.15) is 5.82 Å². The monoisotopic (exact) mass is 448 g/mol. The molecule has 1 unspecified atom stereocenters. The van der Waals surface area contributed by atoms with E-state index in [0.29, 0.717) is 22.9 Å². The highest BCUT2D eigenvalue weighted by Gasteiger charge is 2.29. The van der Waals surface area contributed by atoms with Gasteiger partial charge in [-0.2, -0.15) is 0 Å². The lowest BCUT2D eigenvalue weighted by Crippen LogP contribution is -2.16. The summed E-state index contributed by atoms with van der Waals surface area (Å²) in [5.74, 6) is 0.142. The van der Waals surface area contributed by atoms with Gasteiger partial charge in [0.05, 0.1) is 25.2 Å². The van der Waals surface area contributed by atoms with Crippen LogP contribution in [0.1, 0.15) is 30.1 Å². The molecule has 2 amide bonds. The maximum Gasteiger partial charge on any atom is 0.255 e. The fourth-order valence-corrected chi connectivity index (χ4v) is 3.05. The third-order valence-electron chi connectivity index (χ3n) is 5.12. The molecule has 0 radical (unpaired) electrons. The fourth-order valence-electron chi connectivity index (χ4n) is 3.05. The van der Waals surface area contributed by atoms with E-state index in [1.807, 2.05) is 6.07 Å². The first kappa shape index (κ1) is 22.3. The SMILES string of the molecule is CC(C[18F])COc1ccc(-c2ccncc2NC(=O)c2ccnc(NC(=O)C3CC3)c2)cn1. The van der Waals surface area contributed by atoms with Gasteiger partial charge in [-0.3, -0.25) is 19.0 Å². The first-order valence-corrected chi connectivity index (χ1v) is 10.7. The zero-order valence-electron chi connectivity index (χ0n) is 18.1. The predicted molar refractivity (Wildman–Crippen MR) is 122 cm³/mol. The lowest BCUT2D eigenvalue weighted by molar-refractivity contribution is -0.117. The van der Waals surface area contributed by atoms with Crippen molar-refractivity contribution in [3.63, 3.8) is 0 Å². The van der Waals surface area contributed by atoms with Crippen molar-refractivity contribution in [2.75, 3.05) is 23.9 Å². The molecule has 0 aliphatic heterocycles. The number of ether oxygens (including phenoxy) is 1. The lowest BCUT2D eigenvalue weighted by atomic mass is 10.1. The third kappa shape index (κ3) is 5.88. The van der Waals surface area contributed by atoms with Gasteiger partial charge in [0.2, 0.25) is 11.8 Å². The quantitative estimate of drug-likeness (QED) is 0.510. The van der Waals surface area contributed by atoms with Gasteiger partial charge < -0.3 is 15.4 Å². The van der Waals surface area contributed by atoms with Crippen LogP contribution in [-0.2, 0) is 4.79 Å². The highest BCUT2D eigenvalue weighted by Crippen LogP contribution is 2.30. The molecule has 0 saturated heterocycles. The molecule has 3 heterocycles. The van der Waals surface area contributed by atoms with Gasteiger partial charge in [0, 0.05) is 53.2 Å². The zero-order valence-corrected chi connectivity index (χ0v) is 18.1. The van der Waals surface area contributed by atoms with E-state index in [-0.39, 0.29) is 30.3 Å². The molecular formula is C24H24FN5O3. The molecule has 1 aliphatic rings. The number of carbonyl (C=O) groups is 2. The normalized spacial score (nSPS) is 13.8. The molecule has 3 aromatic heterocycles. The highest BCUT2D eigenvalue weighted by molar-refractivity contribution is 6.06. The molecule has 9 heteroatoms. The number of rotatable bonds is 9. The predicted octanol–water partition coefficient (Wildman–Crippen LogP) is 4.12. The minimum absolute atomic E-state index is 0.0414. The van der Waals surface area contributed by atoms with E-state index in [0.717, 1.165) is 24.0 Å². The summed E-state index contributed by atoms with van der Waals surface area (Å²) in [4.78, 5) is 37.3. The number of hydrogen-bond acceptors (Lipinski definition) is 6. The summed E-state index contributed by atoms with van der Waals surface area (Å²) in [6.07, 6.45) is 8.04. The largest absolute Gasteiger partial charge is 0.477 e. The Labute approximate surface area is 190 Å². The number of anilines is 2. The maximum absolute atomic E-state index is 12.9. The van der Waals surface area contributed by atoms with Gasteiger partial charge in [0.15, 0.2) is 0 Å². The Morgan fingerprint density at radius 1 is 1.12 bits per heavy atom. The summed E-state index contributed by atoms with van der Waals surface area (Å²) >= 11 is 0. The van der Waals surface area contributed by atoms with Gasteiger partial charge in [-0.05, 0) is 37.1 Å². The van der Waals surface area contributed by atoms with Gasteiger partial charge >= 0.3 is 0 Å². The zero-order chi connectivity index (χ0) is 23.2. The van der Waals surface area contributed by atoms with E-state index < -0.39 is 6.67 Å². The number of hydrogen-bond donors (Lipinski definition) is 2. The average molecular weight is 448 g/mol. The first-order chi connectivity index (χ1) is 16.0. The Balaban J connectivity index is 1.46. The van der Waals surface area contributed by atoms with Crippen LogP contribution in [0.15, 0.2) is 55.1 Å². The van der Waals surface area contributed by atoms with E-state index in [1.165, 1.54) is 12.3 Å². The Hall–Kier alpha value is -3.88. The summed E-state index contributed by atoms with van der Waals surface area (Å²) in [6, 6.07) is 8.39. The summed E-state index contributed by atoms with van der Waals surface area (Å²) in [5.41, 5.74) is 2.34. The summed E-state index contributed by atoms with van der Waals surface area (Å²) < 4.78 is 18.1. The number of aromatic nitrogens is 3. The number of halogens is 1. The molecule has 1 fully saturated rings. The fraction of sp³-hybridized carbons (Fsp3) is 0.292. The van der Waals surface area contributed by atoms with Gasteiger partial charge in [-0.15, -0.1) is 0 Å². The maximum atomic E-state index is 12.9. The highest BCUT2D eigenvalue weighted by atomic mass is 18.2. The molecule has 3 aromatic rings. The molecule has 170 valence electrons. The van der Waals surface area contributed by atoms with Crippen LogP contribution in [-0.4, -0.2) is 40.0 Å². The Morgan fingerprint density at radius 3 is 2.70 bits per heavy atom. The van der Waals surface area contributed by atoms with Crippen molar-refractivity contribution in [3.05, 3.63) is 60.7 Å². The van der Waals surface area contributed by atoms with Crippen molar-refractivity contribution in [1.29, 1.82) is 0 Å². The lowest BCUT2D eigenvalue weighted by Gasteiger charge is -2.12. The molecule has 33 heavy (non-hydrogen) atoms. The first-order valence-electron chi connectivity index (χ1n) is 10.7. The molecule has 1 aliphatic carbocycles. The minimum atomic E-state index is -0.454. The van der Waals surface area contributed by atoms with E-state index >= 15 is 0 Å². The van der Waals surface area contributed by atoms with Crippen LogP contribution in [0.4, 0.5) is 15.9 Å². The summed E-state index contributed by atoms with van der Waals surface area (Å²) in [7, 11) is 0. The van der Waals surface area contributed by atoms with Crippen LogP contribution < -0.4 is 15.4 Å². The van der Waals surface area contributed by atoms with Crippen molar-refractivity contribution >= 4 is 23.3 Å². The molecular weight excluding hydrogens is 424 g/mol. The average Bonchev–Trinajstić information content (AvgIpc) is 3.69. The number of amides is 2. The smallest absolute Gasteiger partial charge is 0.255 e. The second-order valence-corrected chi connectivity index (χ2v) is 8.02. The van der Waals surface area contributed by atoms with Crippen molar-refractivity contribution in [2.24, 2.45) is 11.8 Å². The second-order valence-electron chi connectivity index (χ2n) is 8.02. The summed E-state index contributed by atoms with van der Waals surface area (Å²) in [5, 5.41) is 5.60. The van der Waals surface area contributed by atoms with Crippen LogP contribution in [0.3, 0.4) is 0 Å². The molecule has 8 nitrogen and oxygen atoms in total. The van der Waals surface area contributed by atoms with Crippen LogP contribution >= 0.6 is 0 Å². The molecule has 1 atom stereocenters. The number of pyridine rings is 3. The molecule has 2 N–H and O–H groups in total. The summed E-state index contributed by atoms with van der Waals surface area (Å²) in [6.45, 7) is 1.55. The van der Waals surface area contributed by atoms with E-state index in [2.05, 4.69) is 25.6 Å². The minimum Gasteiger partial charge on any atom is -0.477 e. The Morgan fingerprint density at radius 2 is 1.97 bits per heavy atom. The van der Waals surface area contributed by atoms with E-state index in [1.54, 1.807) is 43.7 Å². The van der Waals surface area contributed by atoms with Crippen molar-refractivity contribution < 1.29 is 18.7 Å². The number of carbonyl (C=O) groups excluding carboxylic acids is 2. The standard InChI is InChI=1S/C24H24FN5O3/c1-15(11-25)14-33-22-5-4-18(12-28-22)19-7-8-26-13-20(19)29-24(32)17-6-9-27-21(10-17)30-23(31)16-2-3-16/h4-10,12-13,15-16H,2-3,11,14H2,1H3,(H,29,32)(H,27,30,31)/i25-1. The number of alkyl halides is 1. The van der Waals surface area contributed by atoms with Crippen molar-refractivity contribution in [2.45, 2.75) is 19.8 Å². The molecule has 4 rings (SSSR count). The second kappa shape index (κ2) is 10.2. The van der Waals surface area contributed by atoms with E-state index in [9.17, 15) is 14.0 Å². The van der Waals surface area contributed by atoms with Crippen LogP contribution in [0.5, 0.6) is 5.88 Å². The molecule has 0 spiro atoms. The van der Waals surface area contributed by atoms with Gasteiger partial charge in [0.25, 0.3) is 5.91 Å². The van der Waals surface area contributed by atoms with Gasteiger partial charge in [-0.25, -0.2) is 9.97 Å². The Bertz CT molecular complexity index is 1130. The number of nitrogens with zero attached hydrogens (tertiary/aromatic N) is 3. The Kier molecular flexibility index (Phi) is 6.87. The molecule has 0 bridgehead atoms. The van der Waals surface area contributed by atoms with Crippen molar-refractivity contribution in [1.82, 2.24) is 15.0 Å². The molecule has 1 saturated carbocycles. The van der Waals surface area contributed by atoms with Crippen LogP contribution in [0, 0.1) is 11.8 Å². The van der Waals surface area contributed by atoms with E-state index in [4.69, 9.17) is 4.74 Å². The topological polar surface area (TPSA) is 106 Å². The van der Waals surface area contributed by atoms with Gasteiger partial charge in [-0.1, -0.05) is 6.92 Å². The molecule has 0 aromatic carbocycles. The van der Waals surface area contributed by atoms with Crippen LogP contribution in [0.25, 0.3) is 11.1 Å².